The number of nitrogens with zero attached hydrogens (tertiary/aromatic N) is 1. The summed E-state index contributed by atoms with van der Waals surface area (Å²) in [4.78, 5) is 5.06. The highest BCUT2D eigenvalue weighted by Gasteiger charge is 1.98. The molecular formula is C10H21NO3. The van der Waals surface area contributed by atoms with Gasteiger partial charge in [-0.15, -0.1) is 0 Å². The highest BCUT2D eigenvalue weighted by Crippen LogP contribution is 1.91. The molecule has 0 unspecified atom stereocenters. The summed E-state index contributed by atoms with van der Waals surface area (Å²) in [6.07, 6.45) is 1.09. The van der Waals surface area contributed by atoms with Crippen LogP contribution in [-0.4, -0.2) is 38.7 Å². The molecule has 0 aromatic rings. The van der Waals surface area contributed by atoms with Gasteiger partial charge in [-0.05, 0) is 20.3 Å². The molecule has 0 fully saturated rings. The fourth-order valence-electron chi connectivity index (χ4n) is 0.711. The highest BCUT2D eigenvalue weighted by molar-refractivity contribution is 5.82. The van der Waals surface area contributed by atoms with Crippen molar-refractivity contribution >= 4 is 5.71 Å². The van der Waals surface area contributed by atoms with Crippen LogP contribution in [0.5, 0.6) is 0 Å². The Morgan fingerprint density at radius 2 is 2.14 bits per heavy atom. The van der Waals surface area contributed by atoms with Crippen molar-refractivity contribution in [3.05, 3.63) is 0 Å². The van der Waals surface area contributed by atoms with E-state index in [0.717, 1.165) is 18.7 Å². The number of hydrogen-bond donors (Lipinski definition) is 0. The van der Waals surface area contributed by atoms with Crippen molar-refractivity contribution in [2.45, 2.75) is 33.3 Å². The second-order valence-corrected chi connectivity index (χ2v) is 3.22. The van der Waals surface area contributed by atoms with Gasteiger partial charge in [0, 0.05) is 13.7 Å². The first-order valence-electron chi connectivity index (χ1n) is 4.96. The van der Waals surface area contributed by atoms with E-state index in [0.29, 0.717) is 13.2 Å². The lowest BCUT2D eigenvalue weighted by molar-refractivity contribution is 0.0200. The molecular weight excluding hydrogens is 182 g/mol. The molecule has 14 heavy (non-hydrogen) atoms. The van der Waals surface area contributed by atoms with Gasteiger partial charge < -0.3 is 14.3 Å². The quantitative estimate of drug-likeness (QED) is 0.343. The van der Waals surface area contributed by atoms with Crippen LogP contribution < -0.4 is 0 Å². The molecule has 0 saturated heterocycles. The van der Waals surface area contributed by atoms with E-state index in [4.69, 9.17) is 14.3 Å². The topological polar surface area (TPSA) is 40.0 Å². The van der Waals surface area contributed by atoms with Gasteiger partial charge >= 0.3 is 0 Å². The lowest BCUT2D eigenvalue weighted by atomic mass is 10.4. The van der Waals surface area contributed by atoms with Gasteiger partial charge in [0.2, 0.25) is 0 Å². The number of hydrogen-bond acceptors (Lipinski definition) is 4. The van der Waals surface area contributed by atoms with Gasteiger partial charge in [-0.3, -0.25) is 0 Å². The van der Waals surface area contributed by atoms with Crippen molar-refractivity contribution in [3.63, 3.8) is 0 Å². The van der Waals surface area contributed by atoms with Crippen LogP contribution in [0.15, 0.2) is 5.16 Å². The second kappa shape index (κ2) is 8.97. The van der Waals surface area contributed by atoms with E-state index >= 15 is 0 Å². The molecule has 0 aliphatic heterocycles. The van der Waals surface area contributed by atoms with E-state index < -0.39 is 0 Å². The Labute approximate surface area is 86.2 Å². The minimum absolute atomic E-state index is 0.0723. The lowest BCUT2D eigenvalue weighted by Gasteiger charge is -2.07. The maximum atomic E-state index is 5.29. The molecule has 0 aromatic heterocycles. The molecule has 0 amide bonds. The van der Waals surface area contributed by atoms with Gasteiger partial charge in [0.25, 0.3) is 0 Å². The molecule has 0 N–H and O–H groups in total. The van der Waals surface area contributed by atoms with Gasteiger partial charge in [-0.1, -0.05) is 12.1 Å². The van der Waals surface area contributed by atoms with Crippen molar-refractivity contribution in [1.82, 2.24) is 0 Å². The number of rotatable bonds is 8. The molecule has 4 heteroatoms. The maximum absolute atomic E-state index is 5.29. The summed E-state index contributed by atoms with van der Waals surface area (Å²) >= 11 is 0. The molecule has 84 valence electrons. The van der Waals surface area contributed by atoms with Crippen LogP contribution in [0.2, 0.25) is 0 Å². The third kappa shape index (κ3) is 8.01. The van der Waals surface area contributed by atoms with Gasteiger partial charge in [-0.25, -0.2) is 0 Å². The van der Waals surface area contributed by atoms with Crippen molar-refractivity contribution < 1.29 is 14.3 Å². The standard InChI is InChI=1S/C10H21NO3/c1-5-6-13-7-9(2)11-14-8-10(3)12-4/h10H,5-8H2,1-4H3/b11-9-/t10-/m0/s1. The van der Waals surface area contributed by atoms with Gasteiger partial charge in [0.15, 0.2) is 0 Å². The first kappa shape index (κ1) is 13.4. The molecule has 0 radical (unpaired) electrons. The van der Waals surface area contributed by atoms with Crippen LogP contribution in [0.1, 0.15) is 27.2 Å². The predicted octanol–water partition coefficient (Wildman–Crippen LogP) is 1.84. The van der Waals surface area contributed by atoms with Gasteiger partial charge in [0.05, 0.1) is 18.4 Å². The van der Waals surface area contributed by atoms with Crippen LogP contribution in [0, 0.1) is 0 Å². The zero-order chi connectivity index (χ0) is 10.8. The molecule has 0 aliphatic carbocycles. The lowest BCUT2D eigenvalue weighted by Crippen LogP contribution is -2.13. The Bertz CT molecular complexity index is 159. The van der Waals surface area contributed by atoms with Crippen molar-refractivity contribution in [2.24, 2.45) is 5.16 Å². The molecule has 0 heterocycles. The van der Waals surface area contributed by atoms with E-state index in [2.05, 4.69) is 12.1 Å². The monoisotopic (exact) mass is 203 g/mol. The van der Waals surface area contributed by atoms with Gasteiger partial charge in [-0.2, -0.15) is 0 Å². The van der Waals surface area contributed by atoms with Crippen LogP contribution in [-0.2, 0) is 14.3 Å². The van der Waals surface area contributed by atoms with E-state index in [9.17, 15) is 0 Å². The summed E-state index contributed by atoms with van der Waals surface area (Å²) < 4.78 is 10.3. The zero-order valence-electron chi connectivity index (χ0n) is 9.58. The SMILES string of the molecule is CCCOC/C(C)=N\OC[C@H](C)OC. The molecule has 0 rings (SSSR count). The Balaban J connectivity index is 3.45. The summed E-state index contributed by atoms with van der Waals surface area (Å²) in [5.74, 6) is 0. The highest BCUT2D eigenvalue weighted by atomic mass is 16.6. The van der Waals surface area contributed by atoms with E-state index in [1.54, 1.807) is 7.11 Å². The Kier molecular flexibility index (Phi) is 8.57. The molecule has 0 saturated carbocycles. The van der Waals surface area contributed by atoms with Crippen LogP contribution >= 0.6 is 0 Å². The average Bonchev–Trinajstić information content (AvgIpc) is 2.18. The summed E-state index contributed by atoms with van der Waals surface area (Å²) in [6, 6.07) is 0. The van der Waals surface area contributed by atoms with E-state index in [1.165, 1.54) is 0 Å². The van der Waals surface area contributed by atoms with Crippen molar-refractivity contribution in [2.75, 3.05) is 26.9 Å². The van der Waals surface area contributed by atoms with Crippen molar-refractivity contribution in [3.8, 4) is 0 Å². The summed E-state index contributed by atoms with van der Waals surface area (Å²) in [5, 5.41) is 3.90. The first-order valence-corrected chi connectivity index (χ1v) is 4.96. The molecule has 1 atom stereocenters. The fraction of sp³-hybridized carbons (Fsp3) is 0.900. The molecule has 0 spiro atoms. The minimum Gasteiger partial charge on any atom is -0.393 e. The van der Waals surface area contributed by atoms with E-state index in [-0.39, 0.29) is 6.10 Å². The zero-order valence-corrected chi connectivity index (χ0v) is 9.58. The number of methoxy groups -OCH3 is 1. The summed E-state index contributed by atoms with van der Waals surface area (Å²) in [6.45, 7) is 7.66. The van der Waals surface area contributed by atoms with Crippen LogP contribution in [0.3, 0.4) is 0 Å². The Morgan fingerprint density at radius 3 is 2.71 bits per heavy atom. The number of oxime groups is 1. The Hall–Kier alpha value is -0.610. The summed E-state index contributed by atoms with van der Waals surface area (Å²) in [5.41, 5.74) is 0.849. The van der Waals surface area contributed by atoms with Gasteiger partial charge in [0.1, 0.15) is 6.61 Å². The molecule has 0 aromatic carbocycles. The Morgan fingerprint density at radius 1 is 1.43 bits per heavy atom. The van der Waals surface area contributed by atoms with E-state index in [1.807, 2.05) is 13.8 Å². The maximum Gasteiger partial charge on any atom is 0.142 e. The normalized spacial score (nSPS) is 14.1. The van der Waals surface area contributed by atoms with Crippen LogP contribution in [0.25, 0.3) is 0 Å². The summed E-state index contributed by atoms with van der Waals surface area (Å²) in [7, 11) is 1.65. The minimum atomic E-state index is 0.0723. The fourth-order valence-corrected chi connectivity index (χ4v) is 0.711. The van der Waals surface area contributed by atoms with Crippen LogP contribution in [0.4, 0.5) is 0 Å². The van der Waals surface area contributed by atoms with Crippen molar-refractivity contribution in [1.29, 1.82) is 0 Å². The second-order valence-electron chi connectivity index (χ2n) is 3.22. The molecule has 0 aliphatic rings. The number of ether oxygens (including phenoxy) is 2. The third-order valence-corrected chi connectivity index (χ3v) is 1.59. The third-order valence-electron chi connectivity index (χ3n) is 1.59. The molecule has 4 nitrogen and oxygen atoms in total. The largest absolute Gasteiger partial charge is 0.393 e. The average molecular weight is 203 g/mol. The molecule has 0 bridgehead atoms. The first-order chi connectivity index (χ1) is 6.70. The predicted molar refractivity (Wildman–Crippen MR) is 56.6 cm³/mol. The smallest absolute Gasteiger partial charge is 0.142 e.